The summed E-state index contributed by atoms with van der Waals surface area (Å²) in [5, 5.41) is 1.69. The van der Waals surface area contributed by atoms with Crippen LogP contribution in [0.5, 0.6) is 0 Å². The van der Waals surface area contributed by atoms with Gasteiger partial charge in [0.15, 0.2) is 0 Å². The Balaban J connectivity index is 1.74. The van der Waals surface area contributed by atoms with Crippen molar-refractivity contribution in [2.45, 2.75) is 37.5 Å². The molecule has 3 rings (SSSR count). The first kappa shape index (κ1) is 14.8. The third-order valence-electron chi connectivity index (χ3n) is 3.85. The van der Waals surface area contributed by atoms with E-state index in [9.17, 15) is 8.42 Å². The molecule has 0 aliphatic heterocycles. The maximum Gasteiger partial charge on any atom is 0.214 e. The standard InChI is InChI=1S/C16H19NO2S2/c1-11(2)21(18,19)17-15-10-14(15)12-5-3-6-13(9-12)16-7-4-8-20-16/h3-9,11,14-15,17H,10H2,1-2H3/t14-,15+/m0/s1. The lowest BCUT2D eigenvalue weighted by molar-refractivity contribution is 0.571. The molecular weight excluding hydrogens is 302 g/mol. The third kappa shape index (κ3) is 3.20. The largest absolute Gasteiger partial charge is 0.214 e. The highest BCUT2D eigenvalue weighted by Crippen LogP contribution is 2.42. The molecule has 0 radical (unpaired) electrons. The first-order chi connectivity index (χ1) is 9.97. The fraction of sp³-hybridized carbons (Fsp3) is 0.375. The molecule has 5 heteroatoms. The summed E-state index contributed by atoms with van der Waals surface area (Å²) in [6.45, 7) is 3.41. The Morgan fingerprint density at radius 3 is 2.71 bits per heavy atom. The van der Waals surface area contributed by atoms with Gasteiger partial charge in [-0.25, -0.2) is 13.1 Å². The number of sulfonamides is 1. The Kier molecular flexibility index (Phi) is 3.90. The summed E-state index contributed by atoms with van der Waals surface area (Å²) in [6, 6.07) is 12.6. The maximum absolute atomic E-state index is 11.9. The Morgan fingerprint density at radius 1 is 1.24 bits per heavy atom. The number of thiophene rings is 1. The van der Waals surface area contributed by atoms with Crippen molar-refractivity contribution in [3.8, 4) is 10.4 Å². The van der Waals surface area contributed by atoms with Crippen LogP contribution in [0.3, 0.4) is 0 Å². The van der Waals surface area contributed by atoms with Gasteiger partial charge in [-0.3, -0.25) is 0 Å². The van der Waals surface area contributed by atoms with Gasteiger partial charge < -0.3 is 0 Å². The molecule has 2 aromatic rings. The van der Waals surface area contributed by atoms with E-state index in [4.69, 9.17) is 0 Å². The monoisotopic (exact) mass is 321 g/mol. The molecule has 0 saturated heterocycles. The summed E-state index contributed by atoms with van der Waals surface area (Å²) in [5.41, 5.74) is 2.43. The highest BCUT2D eigenvalue weighted by molar-refractivity contribution is 7.90. The van der Waals surface area contributed by atoms with Crippen LogP contribution >= 0.6 is 11.3 Å². The van der Waals surface area contributed by atoms with Gasteiger partial charge in [0.2, 0.25) is 10.0 Å². The molecule has 3 nitrogen and oxygen atoms in total. The van der Waals surface area contributed by atoms with Crippen LogP contribution in [0.1, 0.15) is 31.7 Å². The average Bonchev–Trinajstić information content (AvgIpc) is 2.99. The molecular formula is C16H19NO2S2. The molecule has 1 heterocycles. The molecule has 0 amide bonds. The number of rotatable bonds is 5. The van der Waals surface area contributed by atoms with Crippen molar-refractivity contribution >= 4 is 21.4 Å². The van der Waals surface area contributed by atoms with Crippen molar-refractivity contribution in [3.63, 3.8) is 0 Å². The minimum absolute atomic E-state index is 0.0518. The van der Waals surface area contributed by atoms with E-state index in [0.717, 1.165) is 6.42 Å². The van der Waals surface area contributed by atoms with Crippen LogP contribution in [0.4, 0.5) is 0 Å². The van der Waals surface area contributed by atoms with E-state index in [0.29, 0.717) is 5.92 Å². The van der Waals surface area contributed by atoms with E-state index in [1.165, 1.54) is 16.0 Å². The minimum Gasteiger partial charge on any atom is -0.212 e. The van der Waals surface area contributed by atoms with Crippen LogP contribution in [0, 0.1) is 0 Å². The van der Waals surface area contributed by atoms with E-state index in [1.54, 1.807) is 25.2 Å². The molecule has 1 aromatic heterocycles. The fourth-order valence-corrected chi connectivity index (χ4v) is 4.08. The Hall–Kier alpha value is -1.17. The second-order valence-electron chi connectivity index (χ2n) is 5.76. The van der Waals surface area contributed by atoms with Crippen LogP contribution in [0.15, 0.2) is 41.8 Å². The van der Waals surface area contributed by atoms with Crippen molar-refractivity contribution in [2.24, 2.45) is 0 Å². The lowest BCUT2D eigenvalue weighted by Crippen LogP contribution is -2.33. The quantitative estimate of drug-likeness (QED) is 0.914. The molecule has 0 spiro atoms. The Labute approximate surface area is 130 Å². The zero-order valence-electron chi connectivity index (χ0n) is 12.1. The number of benzene rings is 1. The Bertz CT molecular complexity index is 720. The summed E-state index contributed by atoms with van der Waals surface area (Å²) in [6.07, 6.45) is 0.889. The highest BCUT2D eigenvalue weighted by Gasteiger charge is 2.41. The van der Waals surface area contributed by atoms with Crippen molar-refractivity contribution in [3.05, 3.63) is 47.3 Å². The van der Waals surface area contributed by atoms with Crippen LogP contribution < -0.4 is 4.72 Å². The van der Waals surface area contributed by atoms with Crippen LogP contribution in [0.25, 0.3) is 10.4 Å². The summed E-state index contributed by atoms with van der Waals surface area (Å²) in [4.78, 5) is 1.25. The molecule has 1 aliphatic rings. The molecule has 112 valence electrons. The second kappa shape index (κ2) is 5.55. The first-order valence-electron chi connectivity index (χ1n) is 7.12. The molecule has 1 saturated carbocycles. The topological polar surface area (TPSA) is 46.2 Å². The summed E-state index contributed by atoms with van der Waals surface area (Å²) in [5.74, 6) is 0.304. The summed E-state index contributed by atoms with van der Waals surface area (Å²) < 4.78 is 26.6. The molecule has 1 fully saturated rings. The molecule has 0 bridgehead atoms. The van der Waals surface area contributed by atoms with Gasteiger partial charge in [-0.15, -0.1) is 11.3 Å². The van der Waals surface area contributed by atoms with Gasteiger partial charge in [0, 0.05) is 16.8 Å². The average molecular weight is 321 g/mol. The van der Waals surface area contributed by atoms with Crippen molar-refractivity contribution in [1.29, 1.82) is 0 Å². The number of hydrogen-bond acceptors (Lipinski definition) is 3. The van der Waals surface area contributed by atoms with Gasteiger partial charge in [0.1, 0.15) is 0 Å². The normalized spacial score (nSPS) is 21.7. The fourth-order valence-electron chi connectivity index (χ4n) is 2.41. The van der Waals surface area contributed by atoms with E-state index < -0.39 is 10.0 Å². The highest BCUT2D eigenvalue weighted by atomic mass is 32.2. The first-order valence-corrected chi connectivity index (χ1v) is 9.55. The van der Waals surface area contributed by atoms with Gasteiger partial charge in [0.05, 0.1) is 5.25 Å². The zero-order chi connectivity index (χ0) is 15.0. The smallest absolute Gasteiger partial charge is 0.212 e. The van der Waals surface area contributed by atoms with Crippen molar-refractivity contribution in [2.75, 3.05) is 0 Å². The van der Waals surface area contributed by atoms with Gasteiger partial charge >= 0.3 is 0 Å². The summed E-state index contributed by atoms with van der Waals surface area (Å²) in [7, 11) is -3.18. The lowest BCUT2D eigenvalue weighted by atomic mass is 10.1. The molecule has 21 heavy (non-hydrogen) atoms. The van der Waals surface area contributed by atoms with Crippen molar-refractivity contribution < 1.29 is 8.42 Å². The van der Waals surface area contributed by atoms with Gasteiger partial charge in [-0.1, -0.05) is 30.3 Å². The van der Waals surface area contributed by atoms with E-state index in [1.807, 2.05) is 6.07 Å². The van der Waals surface area contributed by atoms with Crippen LogP contribution in [0.2, 0.25) is 0 Å². The second-order valence-corrected chi connectivity index (χ2v) is 8.98. The molecule has 1 N–H and O–H groups in total. The Morgan fingerprint density at radius 2 is 2.05 bits per heavy atom. The predicted molar refractivity (Wildman–Crippen MR) is 88.1 cm³/mol. The molecule has 1 aromatic carbocycles. The van der Waals surface area contributed by atoms with Gasteiger partial charge in [-0.05, 0) is 42.8 Å². The maximum atomic E-state index is 11.9. The third-order valence-corrected chi connectivity index (χ3v) is 6.64. The minimum atomic E-state index is -3.18. The van der Waals surface area contributed by atoms with Crippen LogP contribution in [-0.4, -0.2) is 19.7 Å². The van der Waals surface area contributed by atoms with Crippen molar-refractivity contribution in [1.82, 2.24) is 4.72 Å². The molecule has 1 aliphatic carbocycles. The molecule has 0 unspecified atom stereocenters. The van der Waals surface area contributed by atoms with Gasteiger partial charge in [0.25, 0.3) is 0 Å². The van der Waals surface area contributed by atoms with E-state index >= 15 is 0 Å². The number of nitrogens with one attached hydrogen (secondary N) is 1. The number of hydrogen-bond donors (Lipinski definition) is 1. The SMILES string of the molecule is CC(C)S(=O)(=O)N[C@@H]1C[C@H]1c1cccc(-c2cccs2)c1. The van der Waals surface area contributed by atoms with Gasteiger partial charge in [-0.2, -0.15) is 0 Å². The molecule has 2 atom stereocenters. The lowest BCUT2D eigenvalue weighted by Gasteiger charge is -2.09. The van der Waals surface area contributed by atoms with E-state index in [-0.39, 0.29) is 11.3 Å². The predicted octanol–water partition coefficient (Wildman–Crippen LogP) is 3.60. The van der Waals surface area contributed by atoms with Crippen LogP contribution in [-0.2, 0) is 10.0 Å². The van der Waals surface area contributed by atoms with E-state index in [2.05, 4.69) is 40.4 Å². The zero-order valence-corrected chi connectivity index (χ0v) is 13.7. The summed E-state index contributed by atoms with van der Waals surface area (Å²) >= 11 is 1.72.